The molecule has 20 heavy (non-hydrogen) atoms. The van der Waals surface area contributed by atoms with Crippen molar-refractivity contribution in [1.29, 1.82) is 0 Å². The van der Waals surface area contributed by atoms with Gasteiger partial charge in [-0.05, 0) is 0 Å². The van der Waals surface area contributed by atoms with Crippen molar-refractivity contribution < 1.29 is 64.3 Å². The summed E-state index contributed by atoms with van der Waals surface area (Å²) in [4.78, 5) is 0. The van der Waals surface area contributed by atoms with Crippen LogP contribution >= 0.6 is 0 Å². The summed E-state index contributed by atoms with van der Waals surface area (Å²) in [5, 5.41) is 0. The second-order valence-corrected chi connectivity index (χ2v) is 3.67. The van der Waals surface area contributed by atoms with Crippen LogP contribution in [0.1, 0.15) is 0 Å². The Bertz CT molecular complexity index is 103. The molecule has 1 aliphatic rings. The van der Waals surface area contributed by atoms with Crippen LogP contribution in [0.2, 0.25) is 0 Å². The zero-order valence-corrected chi connectivity index (χ0v) is 13.9. The first-order chi connectivity index (χ1) is 9.00. The zero-order chi connectivity index (χ0) is 12.7. The van der Waals surface area contributed by atoms with E-state index >= 15 is 0 Å². The molecular weight excluding hydrogens is 327 g/mol. The van der Waals surface area contributed by atoms with Crippen molar-refractivity contribution in [3.8, 4) is 0 Å². The van der Waals surface area contributed by atoms with Gasteiger partial charge in [0.05, 0.1) is 79.3 Å². The molecule has 0 N–H and O–H groups in total. The second kappa shape index (κ2) is 19.8. The Kier molecular flexibility index (Phi) is 22.9. The van der Waals surface area contributed by atoms with E-state index in [0.29, 0.717) is 79.3 Å². The molecule has 1 saturated heterocycles. The smallest absolute Gasteiger partial charge is 1.00 e. The minimum Gasteiger partial charge on any atom is -1.00 e. The Morgan fingerprint density at radius 2 is 0.400 bits per heavy atom. The molecule has 1 heterocycles. The van der Waals surface area contributed by atoms with Crippen LogP contribution in [0, 0.1) is 0 Å². The topological polar surface area (TPSA) is 55.4 Å². The van der Waals surface area contributed by atoms with E-state index in [1.807, 2.05) is 0 Å². The number of hydrogen-bond donors (Lipinski definition) is 0. The molecule has 0 radical (unpaired) electrons. The van der Waals surface area contributed by atoms with E-state index in [-0.39, 0.29) is 35.8 Å². The van der Waals surface area contributed by atoms with Crippen molar-refractivity contribution in [2.75, 3.05) is 79.3 Å². The molecule has 0 amide bonds. The van der Waals surface area contributed by atoms with Crippen LogP contribution in [0.3, 0.4) is 0 Å². The van der Waals surface area contributed by atoms with Gasteiger partial charge in [0.15, 0.2) is 0 Å². The van der Waals surface area contributed by atoms with Crippen LogP contribution in [-0.2, 0) is 28.4 Å². The fourth-order valence-electron chi connectivity index (χ4n) is 1.32. The van der Waals surface area contributed by atoms with Gasteiger partial charge >= 0.3 is 18.9 Å². The van der Waals surface area contributed by atoms with Crippen molar-refractivity contribution in [2.24, 2.45) is 0 Å². The van der Waals surface area contributed by atoms with Crippen molar-refractivity contribution >= 4 is 0 Å². The predicted molar refractivity (Wildman–Crippen MR) is 64.9 cm³/mol. The maximum Gasteiger partial charge on any atom is 1.00 e. The van der Waals surface area contributed by atoms with Gasteiger partial charge in [-0.2, -0.15) is 0 Å². The van der Waals surface area contributed by atoms with E-state index in [4.69, 9.17) is 28.4 Å². The van der Waals surface area contributed by atoms with Gasteiger partial charge in [-0.15, -0.1) is 0 Å². The molecule has 8 heteroatoms. The van der Waals surface area contributed by atoms with Gasteiger partial charge in [-0.3, -0.25) is 0 Å². The fraction of sp³-hybridized carbons (Fsp3) is 1.00. The van der Waals surface area contributed by atoms with E-state index in [9.17, 15) is 0 Å². The van der Waals surface area contributed by atoms with E-state index in [2.05, 4.69) is 0 Å². The number of rotatable bonds is 0. The minimum absolute atomic E-state index is 0. The molecular formula is C12H24BrLiO6. The van der Waals surface area contributed by atoms with Gasteiger partial charge in [0.25, 0.3) is 0 Å². The van der Waals surface area contributed by atoms with Crippen LogP contribution in [0.25, 0.3) is 0 Å². The summed E-state index contributed by atoms with van der Waals surface area (Å²) in [5.41, 5.74) is 0. The molecule has 6 nitrogen and oxygen atoms in total. The molecule has 0 aromatic heterocycles. The van der Waals surface area contributed by atoms with E-state index < -0.39 is 0 Å². The van der Waals surface area contributed by atoms with Crippen LogP contribution in [0.15, 0.2) is 0 Å². The van der Waals surface area contributed by atoms with Crippen molar-refractivity contribution in [2.45, 2.75) is 0 Å². The van der Waals surface area contributed by atoms with Crippen LogP contribution in [0.4, 0.5) is 0 Å². The summed E-state index contributed by atoms with van der Waals surface area (Å²) in [6.45, 7) is 7.04. The van der Waals surface area contributed by atoms with Gasteiger partial charge < -0.3 is 45.4 Å². The van der Waals surface area contributed by atoms with Crippen LogP contribution in [-0.4, -0.2) is 79.3 Å². The minimum atomic E-state index is 0. The molecule has 1 fully saturated rings. The summed E-state index contributed by atoms with van der Waals surface area (Å²) in [5.74, 6) is 0. The van der Waals surface area contributed by atoms with Gasteiger partial charge in [0.1, 0.15) is 0 Å². The molecule has 116 valence electrons. The first-order valence-electron chi connectivity index (χ1n) is 6.46. The quantitative estimate of drug-likeness (QED) is 0.406. The average Bonchev–Trinajstić information content (AvgIpc) is 2.39. The summed E-state index contributed by atoms with van der Waals surface area (Å²) in [6, 6.07) is 0. The van der Waals surface area contributed by atoms with E-state index in [1.54, 1.807) is 0 Å². The summed E-state index contributed by atoms with van der Waals surface area (Å²) in [6.07, 6.45) is 0. The largest absolute Gasteiger partial charge is 1.00 e. The molecule has 0 atom stereocenters. The average molecular weight is 351 g/mol. The Balaban J connectivity index is 0. The Morgan fingerprint density at radius 3 is 0.500 bits per heavy atom. The first-order valence-corrected chi connectivity index (χ1v) is 6.46. The Morgan fingerprint density at radius 1 is 0.300 bits per heavy atom. The molecule has 0 aromatic carbocycles. The number of ether oxygens (including phenoxy) is 6. The van der Waals surface area contributed by atoms with Gasteiger partial charge in [-0.1, -0.05) is 0 Å². The number of halogens is 1. The Hall–Kier alpha value is 0.837. The normalized spacial score (nSPS) is 21.6. The third kappa shape index (κ3) is 16.9. The molecule has 1 aliphatic heterocycles. The van der Waals surface area contributed by atoms with Gasteiger partial charge in [0.2, 0.25) is 0 Å². The summed E-state index contributed by atoms with van der Waals surface area (Å²) >= 11 is 0. The molecule has 1 rings (SSSR count). The third-order valence-corrected chi connectivity index (χ3v) is 2.23. The number of hydrogen-bond acceptors (Lipinski definition) is 6. The van der Waals surface area contributed by atoms with E-state index in [1.165, 1.54) is 0 Å². The first kappa shape index (κ1) is 23.1. The van der Waals surface area contributed by atoms with E-state index in [0.717, 1.165) is 0 Å². The SMILES string of the molecule is C1COCCOCCOCCOCCOCCO1.[Br-].[Li+]. The van der Waals surface area contributed by atoms with Crippen molar-refractivity contribution in [3.05, 3.63) is 0 Å². The van der Waals surface area contributed by atoms with Gasteiger partial charge in [-0.25, -0.2) is 0 Å². The summed E-state index contributed by atoms with van der Waals surface area (Å²) < 4.78 is 32.0. The Labute approximate surface area is 143 Å². The van der Waals surface area contributed by atoms with Crippen LogP contribution in [0.5, 0.6) is 0 Å². The monoisotopic (exact) mass is 350 g/mol. The molecule has 0 aromatic rings. The molecule has 0 spiro atoms. The molecule has 0 saturated carbocycles. The molecule has 0 bridgehead atoms. The maximum atomic E-state index is 5.33. The van der Waals surface area contributed by atoms with Crippen molar-refractivity contribution in [1.82, 2.24) is 0 Å². The maximum absolute atomic E-state index is 5.33. The standard InChI is InChI=1S/C12H24O6.BrH.Li/c1-2-14-5-6-16-9-10-18-12-11-17-8-7-15-4-3-13-1;;/h1-12H2;1H;/q;;+1/p-1. The second-order valence-electron chi connectivity index (χ2n) is 3.67. The summed E-state index contributed by atoms with van der Waals surface area (Å²) in [7, 11) is 0. The fourth-order valence-corrected chi connectivity index (χ4v) is 1.32. The van der Waals surface area contributed by atoms with Crippen LogP contribution < -0.4 is 35.8 Å². The van der Waals surface area contributed by atoms with Gasteiger partial charge in [0, 0.05) is 0 Å². The third-order valence-electron chi connectivity index (χ3n) is 2.23. The van der Waals surface area contributed by atoms with Crippen molar-refractivity contribution in [3.63, 3.8) is 0 Å². The molecule has 0 aliphatic carbocycles. The predicted octanol–water partition coefficient (Wildman–Crippen LogP) is -5.89. The molecule has 0 unspecified atom stereocenters. The zero-order valence-electron chi connectivity index (χ0n) is 12.3.